The summed E-state index contributed by atoms with van der Waals surface area (Å²) in [4.78, 5) is 32.3. The highest BCUT2D eigenvalue weighted by Crippen LogP contribution is 2.37. The van der Waals surface area contributed by atoms with Gasteiger partial charge in [-0.05, 0) is 49.9 Å². The number of hydrogen-bond acceptors (Lipinski definition) is 5. The quantitative estimate of drug-likeness (QED) is 0.636. The Labute approximate surface area is 179 Å². The Balaban J connectivity index is 2.15. The molecular formula is C22H21ClN2O3S. The van der Waals surface area contributed by atoms with Gasteiger partial charge in [0, 0.05) is 16.3 Å². The molecule has 0 radical (unpaired) electrons. The Hall–Kier alpha value is -2.57. The van der Waals surface area contributed by atoms with Crippen molar-refractivity contribution in [2.45, 2.75) is 19.9 Å². The minimum Gasteiger partial charge on any atom is -0.463 e. The van der Waals surface area contributed by atoms with E-state index in [1.807, 2.05) is 24.5 Å². The third-order valence-electron chi connectivity index (χ3n) is 4.50. The molecule has 0 bridgehead atoms. The van der Waals surface area contributed by atoms with E-state index in [2.05, 4.69) is 0 Å². The number of amidine groups is 1. The second-order valence-electron chi connectivity index (χ2n) is 6.30. The van der Waals surface area contributed by atoms with Crippen LogP contribution in [0.5, 0.6) is 0 Å². The van der Waals surface area contributed by atoms with Gasteiger partial charge in [-0.2, -0.15) is 0 Å². The number of esters is 1. The van der Waals surface area contributed by atoms with Crippen molar-refractivity contribution in [2.24, 2.45) is 4.99 Å². The van der Waals surface area contributed by atoms with E-state index >= 15 is 0 Å². The van der Waals surface area contributed by atoms with Crippen molar-refractivity contribution in [3.8, 4) is 0 Å². The van der Waals surface area contributed by atoms with Gasteiger partial charge in [0.15, 0.2) is 5.17 Å². The van der Waals surface area contributed by atoms with Crippen molar-refractivity contribution in [1.29, 1.82) is 0 Å². The summed E-state index contributed by atoms with van der Waals surface area (Å²) in [6.07, 6.45) is 1.85. The highest BCUT2D eigenvalue weighted by molar-refractivity contribution is 8.13. The largest absolute Gasteiger partial charge is 0.463 e. The molecule has 1 atom stereocenters. The zero-order chi connectivity index (χ0) is 21.0. The predicted molar refractivity (Wildman–Crippen MR) is 117 cm³/mol. The first-order valence-electron chi connectivity index (χ1n) is 9.12. The van der Waals surface area contributed by atoms with E-state index in [1.165, 1.54) is 16.7 Å². The van der Waals surface area contributed by atoms with E-state index in [4.69, 9.17) is 21.3 Å². The molecule has 0 fully saturated rings. The van der Waals surface area contributed by atoms with Crippen LogP contribution in [0, 0.1) is 0 Å². The van der Waals surface area contributed by atoms with Crippen molar-refractivity contribution in [3.05, 3.63) is 82.0 Å². The van der Waals surface area contributed by atoms with Gasteiger partial charge < -0.3 is 4.74 Å². The molecule has 0 aromatic heterocycles. The number of nitrogens with zero attached hydrogens (tertiary/aromatic N) is 2. The summed E-state index contributed by atoms with van der Waals surface area (Å²) in [6.45, 7) is 3.72. The molecule has 1 aliphatic rings. The molecule has 0 saturated heterocycles. The van der Waals surface area contributed by atoms with Crippen molar-refractivity contribution >= 4 is 40.4 Å². The standard InChI is InChI=1S/C22H21ClN2O3S/c1-4-28-21(27)18-14(2)25(20(26)15-9-6-5-7-10-15)22(29-3)24-19(18)16-11-8-12-17(23)13-16/h5-13,19H,4H2,1-3H3/t19-/m0/s1. The lowest BCUT2D eigenvalue weighted by Crippen LogP contribution is -2.39. The zero-order valence-corrected chi connectivity index (χ0v) is 18.0. The monoisotopic (exact) mass is 428 g/mol. The Morgan fingerprint density at radius 3 is 2.52 bits per heavy atom. The first-order valence-corrected chi connectivity index (χ1v) is 10.7. The molecule has 29 heavy (non-hydrogen) atoms. The van der Waals surface area contributed by atoms with Gasteiger partial charge in [-0.3, -0.25) is 9.69 Å². The number of amides is 1. The third kappa shape index (κ3) is 4.38. The molecule has 1 heterocycles. The van der Waals surface area contributed by atoms with Gasteiger partial charge in [0.1, 0.15) is 6.04 Å². The fraction of sp³-hybridized carbons (Fsp3) is 0.227. The van der Waals surface area contributed by atoms with Gasteiger partial charge in [0.2, 0.25) is 0 Å². The van der Waals surface area contributed by atoms with Crippen molar-refractivity contribution in [1.82, 2.24) is 4.90 Å². The summed E-state index contributed by atoms with van der Waals surface area (Å²) in [5.74, 6) is -0.743. The fourth-order valence-corrected chi connectivity index (χ4v) is 3.99. The summed E-state index contributed by atoms with van der Waals surface area (Å²) in [5.41, 5.74) is 2.11. The second kappa shape index (κ2) is 9.29. The summed E-state index contributed by atoms with van der Waals surface area (Å²) >= 11 is 7.51. The minimum atomic E-state index is -0.602. The normalized spacial score (nSPS) is 16.5. The molecule has 0 aliphatic carbocycles. The van der Waals surface area contributed by atoms with Crippen LogP contribution in [0.25, 0.3) is 0 Å². The lowest BCUT2D eigenvalue weighted by atomic mass is 9.96. The van der Waals surface area contributed by atoms with E-state index in [1.54, 1.807) is 50.2 Å². The first kappa shape index (κ1) is 21.1. The Kier molecular flexibility index (Phi) is 6.77. The maximum absolute atomic E-state index is 13.2. The van der Waals surface area contributed by atoms with E-state index < -0.39 is 12.0 Å². The van der Waals surface area contributed by atoms with E-state index in [-0.39, 0.29) is 12.5 Å². The molecule has 1 aliphatic heterocycles. The Bertz CT molecular complexity index is 989. The number of carbonyl (C=O) groups excluding carboxylic acids is 2. The number of benzene rings is 2. The molecule has 1 amide bonds. The number of ether oxygens (including phenoxy) is 1. The van der Waals surface area contributed by atoms with E-state index in [0.29, 0.717) is 27.0 Å². The lowest BCUT2D eigenvalue weighted by Gasteiger charge is -2.33. The van der Waals surface area contributed by atoms with Gasteiger partial charge in [0.05, 0.1) is 12.2 Å². The number of allylic oxidation sites excluding steroid dienone is 1. The van der Waals surface area contributed by atoms with Crippen LogP contribution in [0.4, 0.5) is 0 Å². The number of hydrogen-bond donors (Lipinski definition) is 0. The molecule has 3 rings (SSSR count). The van der Waals surface area contributed by atoms with Crippen molar-refractivity contribution in [3.63, 3.8) is 0 Å². The topological polar surface area (TPSA) is 59.0 Å². The molecule has 150 valence electrons. The number of rotatable bonds is 4. The molecule has 5 nitrogen and oxygen atoms in total. The van der Waals surface area contributed by atoms with Gasteiger partial charge in [0.25, 0.3) is 5.91 Å². The average molecular weight is 429 g/mol. The van der Waals surface area contributed by atoms with Crippen LogP contribution >= 0.6 is 23.4 Å². The van der Waals surface area contributed by atoms with Crippen LogP contribution in [0.3, 0.4) is 0 Å². The smallest absolute Gasteiger partial charge is 0.338 e. The van der Waals surface area contributed by atoms with Crippen LogP contribution in [-0.2, 0) is 9.53 Å². The average Bonchev–Trinajstić information content (AvgIpc) is 2.73. The number of aliphatic imine (C=N–C) groups is 1. The highest BCUT2D eigenvalue weighted by Gasteiger charge is 2.36. The van der Waals surface area contributed by atoms with Crippen LogP contribution in [-0.4, -0.2) is 34.8 Å². The predicted octanol–water partition coefficient (Wildman–Crippen LogP) is 5.09. The zero-order valence-electron chi connectivity index (χ0n) is 16.4. The number of halogens is 1. The molecule has 0 saturated carbocycles. The van der Waals surface area contributed by atoms with Gasteiger partial charge >= 0.3 is 5.97 Å². The third-order valence-corrected chi connectivity index (χ3v) is 5.38. The van der Waals surface area contributed by atoms with E-state index in [9.17, 15) is 9.59 Å². The van der Waals surface area contributed by atoms with Crippen LogP contribution in [0.1, 0.15) is 35.8 Å². The summed E-state index contributed by atoms with van der Waals surface area (Å²) in [7, 11) is 0. The Morgan fingerprint density at radius 1 is 1.17 bits per heavy atom. The summed E-state index contributed by atoms with van der Waals surface area (Å²) in [5, 5.41) is 1.06. The molecule has 2 aromatic rings. The van der Waals surface area contributed by atoms with Crippen molar-refractivity contribution in [2.75, 3.05) is 12.9 Å². The van der Waals surface area contributed by atoms with E-state index in [0.717, 1.165) is 5.56 Å². The first-order chi connectivity index (χ1) is 14.0. The summed E-state index contributed by atoms with van der Waals surface area (Å²) < 4.78 is 5.29. The minimum absolute atomic E-state index is 0.226. The van der Waals surface area contributed by atoms with Crippen molar-refractivity contribution < 1.29 is 14.3 Å². The highest BCUT2D eigenvalue weighted by atomic mass is 35.5. The molecule has 0 N–H and O–H groups in total. The van der Waals surface area contributed by atoms with Crippen LogP contribution in [0.2, 0.25) is 5.02 Å². The second-order valence-corrected chi connectivity index (χ2v) is 7.51. The Morgan fingerprint density at radius 2 is 1.90 bits per heavy atom. The maximum Gasteiger partial charge on any atom is 0.338 e. The number of thioether (sulfide) groups is 1. The summed E-state index contributed by atoms with van der Waals surface area (Å²) in [6, 6.07) is 15.5. The molecule has 0 spiro atoms. The SMILES string of the molecule is CCOC(=O)C1=C(C)N(C(=O)c2ccccc2)C(SC)=N[C@H]1c1cccc(Cl)c1. The maximum atomic E-state index is 13.2. The van der Waals surface area contributed by atoms with Gasteiger partial charge in [-0.25, -0.2) is 9.79 Å². The molecular weight excluding hydrogens is 408 g/mol. The van der Waals surface area contributed by atoms with Crippen LogP contribution in [0.15, 0.2) is 70.9 Å². The van der Waals surface area contributed by atoms with Gasteiger partial charge in [-0.15, -0.1) is 0 Å². The van der Waals surface area contributed by atoms with Gasteiger partial charge in [-0.1, -0.05) is 53.7 Å². The van der Waals surface area contributed by atoms with Crippen LogP contribution < -0.4 is 0 Å². The molecule has 7 heteroatoms. The fourth-order valence-electron chi connectivity index (χ4n) is 3.17. The molecule has 2 aromatic carbocycles. The lowest BCUT2D eigenvalue weighted by molar-refractivity contribution is -0.139. The number of carbonyl (C=O) groups is 2. The molecule has 0 unspecified atom stereocenters.